The van der Waals surface area contributed by atoms with Gasteiger partial charge in [0.15, 0.2) is 11.5 Å². The summed E-state index contributed by atoms with van der Waals surface area (Å²) in [6.45, 7) is 14.0. The number of allylic oxidation sites excluding steroid dienone is 5. The maximum atomic E-state index is 13.4. The van der Waals surface area contributed by atoms with Crippen LogP contribution in [-0.2, 0) is 15.6 Å². The molecular weight excluding hydrogens is 448 g/mol. The summed E-state index contributed by atoms with van der Waals surface area (Å²) in [6, 6.07) is 11.8. The normalized spacial score (nSPS) is 21.9. The molecule has 0 saturated heterocycles. The first-order valence-electron chi connectivity index (χ1n) is 12.6. The van der Waals surface area contributed by atoms with Gasteiger partial charge in [0, 0.05) is 63.6 Å². The maximum Gasteiger partial charge on any atom is 0.209 e. The highest BCUT2D eigenvalue weighted by atomic mass is 16.3. The summed E-state index contributed by atoms with van der Waals surface area (Å²) in [5.41, 5.74) is 19.5. The number of Topliss-reactive ketones (excluding diaryl/α,β-unsaturated/α-hetero) is 1. The third-order valence-corrected chi connectivity index (χ3v) is 8.00. The molecule has 1 aliphatic carbocycles. The van der Waals surface area contributed by atoms with E-state index < -0.39 is 0 Å². The lowest BCUT2D eigenvalue weighted by molar-refractivity contribution is -0.433. The molecule has 0 amide bonds. The molecule has 0 spiro atoms. The summed E-state index contributed by atoms with van der Waals surface area (Å²) in [4.78, 5) is 15.5. The van der Waals surface area contributed by atoms with Crippen molar-refractivity contribution in [2.75, 3.05) is 29.5 Å². The number of hydrogen-bond donors (Lipinski definition) is 2. The molecule has 2 heterocycles. The summed E-state index contributed by atoms with van der Waals surface area (Å²) in [5.74, 6) is -0.408. The first-order chi connectivity index (χ1) is 16.9. The van der Waals surface area contributed by atoms with Crippen LogP contribution in [0, 0.1) is 0 Å². The van der Waals surface area contributed by atoms with Crippen molar-refractivity contribution < 1.29 is 14.5 Å². The molecule has 186 valence electrons. The highest BCUT2D eigenvalue weighted by Gasteiger charge is 2.46. The minimum Gasteiger partial charge on any atom is -0.871 e. The van der Waals surface area contributed by atoms with Crippen molar-refractivity contribution in [3.63, 3.8) is 0 Å². The lowest BCUT2D eigenvalue weighted by Gasteiger charge is -2.32. The van der Waals surface area contributed by atoms with Crippen LogP contribution >= 0.6 is 0 Å². The number of likely N-dealkylation sites (N-methyl/N-ethyl adjacent to an activating group) is 1. The highest BCUT2D eigenvalue weighted by Crippen LogP contribution is 2.49. The minimum atomic E-state index is -0.378. The molecule has 36 heavy (non-hydrogen) atoms. The third kappa shape index (κ3) is 3.16. The molecule has 0 radical (unpaired) electrons. The second-order valence-corrected chi connectivity index (χ2v) is 10.8. The van der Waals surface area contributed by atoms with E-state index in [-0.39, 0.29) is 33.5 Å². The van der Waals surface area contributed by atoms with E-state index in [2.05, 4.69) is 51.0 Å². The van der Waals surface area contributed by atoms with Crippen LogP contribution in [0.3, 0.4) is 0 Å². The zero-order chi connectivity index (χ0) is 26.2. The fourth-order valence-electron chi connectivity index (χ4n) is 5.96. The molecule has 2 aromatic carbocycles. The number of rotatable bonds is 4. The fourth-order valence-corrected chi connectivity index (χ4v) is 5.96. The first kappa shape index (κ1) is 23.9. The van der Waals surface area contributed by atoms with E-state index in [0.717, 1.165) is 47.0 Å². The number of nitrogen functional groups attached to an aromatic ring is 2. The van der Waals surface area contributed by atoms with E-state index in [0.29, 0.717) is 11.4 Å². The van der Waals surface area contributed by atoms with Crippen LogP contribution in [0.2, 0.25) is 0 Å². The minimum absolute atomic E-state index is 0.204. The van der Waals surface area contributed by atoms with Gasteiger partial charge in [-0.2, -0.15) is 4.58 Å². The Bertz CT molecular complexity index is 1450. The van der Waals surface area contributed by atoms with Crippen molar-refractivity contribution >= 4 is 34.2 Å². The summed E-state index contributed by atoms with van der Waals surface area (Å²) >= 11 is 0. The monoisotopic (exact) mass is 482 g/mol. The molecule has 3 aliphatic rings. The van der Waals surface area contributed by atoms with E-state index in [1.165, 1.54) is 0 Å². The molecule has 0 saturated carbocycles. The Morgan fingerprint density at radius 3 is 2.19 bits per heavy atom. The Balaban J connectivity index is 1.58. The van der Waals surface area contributed by atoms with Crippen LogP contribution in [0.25, 0.3) is 0 Å². The van der Waals surface area contributed by atoms with Crippen molar-refractivity contribution in [2.45, 2.75) is 52.4 Å². The average molecular weight is 483 g/mol. The van der Waals surface area contributed by atoms with Gasteiger partial charge in [0.1, 0.15) is 6.54 Å². The van der Waals surface area contributed by atoms with E-state index in [1.807, 2.05) is 36.4 Å². The van der Waals surface area contributed by atoms with Gasteiger partial charge in [-0.15, -0.1) is 0 Å². The van der Waals surface area contributed by atoms with Crippen molar-refractivity contribution in [3.05, 3.63) is 82.3 Å². The van der Waals surface area contributed by atoms with E-state index in [4.69, 9.17) is 11.5 Å². The summed E-state index contributed by atoms with van der Waals surface area (Å²) in [6.07, 6.45) is 3.58. The Morgan fingerprint density at radius 2 is 1.58 bits per heavy atom. The number of hydrogen-bond acceptors (Lipinski definition) is 5. The van der Waals surface area contributed by atoms with E-state index >= 15 is 0 Å². The lowest BCUT2D eigenvalue weighted by atomic mass is 9.77. The SMILES string of the molecule is CCN1/C(=C/C2=C([O-])C(=C\C3=[N+](CC)c4ccc(N)cc4C3(C)C)/C2=O)C(C)(C)c2cc(N)ccc21. The topological polar surface area (TPSA) is 98.4 Å². The average Bonchev–Trinajstić information content (AvgIpc) is 3.18. The second-order valence-electron chi connectivity index (χ2n) is 10.8. The standard InChI is InChI=1S/C30H34N4O2/c1-7-33-23-11-9-17(31)13-21(23)29(3,4)25(33)15-19-27(35)20(28(19)36)16-26-30(5,6)22-14-18(32)10-12-24(22)34(26)8-2/h9-16H,7-8H2,1-6H3,(H4-,31,32,35,36). The Labute approximate surface area is 212 Å². The van der Waals surface area contributed by atoms with E-state index in [1.54, 1.807) is 12.2 Å². The second kappa shape index (κ2) is 7.85. The van der Waals surface area contributed by atoms with Crippen molar-refractivity contribution in [1.82, 2.24) is 0 Å². The van der Waals surface area contributed by atoms with Crippen molar-refractivity contribution in [1.29, 1.82) is 0 Å². The van der Waals surface area contributed by atoms with Gasteiger partial charge in [0.05, 0.1) is 5.41 Å². The van der Waals surface area contributed by atoms with Gasteiger partial charge in [0.25, 0.3) is 0 Å². The summed E-state index contributed by atoms with van der Waals surface area (Å²) in [5, 5.41) is 13.4. The number of benzene rings is 2. The van der Waals surface area contributed by atoms with Gasteiger partial charge < -0.3 is 21.5 Å². The Kier molecular flexibility index (Phi) is 5.22. The van der Waals surface area contributed by atoms with Gasteiger partial charge in [-0.3, -0.25) is 4.79 Å². The molecule has 0 aromatic heterocycles. The number of nitrogens with zero attached hydrogens (tertiary/aromatic N) is 2. The van der Waals surface area contributed by atoms with Gasteiger partial charge in [0.2, 0.25) is 5.69 Å². The molecule has 2 aromatic rings. The molecule has 6 nitrogen and oxygen atoms in total. The number of ketones is 1. The van der Waals surface area contributed by atoms with Crippen molar-refractivity contribution in [2.24, 2.45) is 0 Å². The molecule has 5 rings (SSSR count). The van der Waals surface area contributed by atoms with Crippen molar-refractivity contribution in [3.8, 4) is 0 Å². The summed E-state index contributed by atoms with van der Waals surface area (Å²) in [7, 11) is 0. The Morgan fingerprint density at radius 1 is 0.944 bits per heavy atom. The predicted molar refractivity (Wildman–Crippen MR) is 144 cm³/mol. The molecule has 0 bridgehead atoms. The quantitative estimate of drug-likeness (QED) is 0.389. The van der Waals surface area contributed by atoms with Crippen LogP contribution in [0.1, 0.15) is 52.7 Å². The molecule has 0 unspecified atom stereocenters. The van der Waals surface area contributed by atoms with Crippen LogP contribution in [0.5, 0.6) is 0 Å². The smallest absolute Gasteiger partial charge is 0.209 e. The third-order valence-electron chi connectivity index (χ3n) is 8.00. The van der Waals surface area contributed by atoms with Gasteiger partial charge in [-0.05, 0) is 69.7 Å². The fraction of sp³-hybridized carbons (Fsp3) is 0.333. The molecule has 4 N–H and O–H groups in total. The number of fused-ring (bicyclic) bond motifs is 2. The molecule has 2 aliphatic heterocycles. The van der Waals surface area contributed by atoms with Crippen LogP contribution in [0.4, 0.5) is 22.7 Å². The predicted octanol–water partition coefficient (Wildman–Crippen LogP) is 4.07. The van der Waals surface area contributed by atoms with Crippen LogP contribution in [-0.4, -0.2) is 29.2 Å². The Hall–Kier alpha value is -3.80. The zero-order valence-corrected chi connectivity index (χ0v) is 21.9. The largest absolute Gasteiger partial charge is 0.871 e. The maximum absolute atomic E-state index is 13.4. The number of anilines is 3. The molecule has 0 fully saturated rings. The molecule has 0 atom stereocenters. The van der Waals surface area contributed by atoms with Crippen LogP contribution < -0.4 is 21.5 Å². The number of carbonyl (C=O) groups is 1. The summed E-state index contributed by atoms with van der Waals surface area (Å²) < 4.78 is 2.17. The molecule has 6 heteroatoms. The zero-order valence-electron chi connectivity index (χ0n) is 21.9. The highest BCUT2D eigenvalue weighted by molar-refractivity contribution is 6.24. The number of nitrogens with two attached hydrogens (primary N) is 2. The van der Waals surface area contributed by atoms with Gasteiger partial charge in [-0.1, -0.05) is 19.6 Å². The lowest BCUT2D eigenvalue weighted by Crippen LogP contribution is -2.35. The van der Waals surface area contributed by atoms with Gasteiger partial charge >= 0.3 is 0 Å². The van der Waals surface area contributed by atoms with E-state index in [9.17, 15) is 9.90 Å². The molecular formula is C30H34N4O2. The first-order valence-corrected chi connectivity index (χ1v) is 12.6. The number of carbonyl (C=O) groups excluding carboxylic acids is 1. The van der Waals surface area contributed by atoms with Gasteiger partial charge in [-0.25, -0.2) is 0 Å². The van der Waals surface area contributed by atoms with Crippen LogP contribution in [0.15, 0.2) is 71.2 Å².